The Kier molecular flexibility index (Phi) is 3.40. The van der Waals surface area contributed by atoms with Gasteiger partial charge in [0.1, 0.15) is 5.75 Å². The molecule has 118 valence electrons. The van der Waals surface area contributed by atoms with Crippen molar-refractivity contribution in [3.63, 3.8) is 0 Å². The van der Waals surface area contributed by atoms with Crippen LogP contribution in [0, 0.1) is 24.2 Å². The zero-order valence-corrected chi connectivity index (χ0v) is 15.0. The number of alkyl halides is 1. The monoisotopic (exact) mass is 382 g/mol. The molecule has 4 aliphatic carbocycles. The molecule has 22 heavy (non-hydrogen) atoms. The van der Waals surface area contributed by atoms with Crippen LogP contribution >= 0.6 is 27.5 Å². The van der Waals surface area contributed by atoms with E-state index in [1.807, 2.05) is 13.0 Å². The molecule has 1 aromatic rings. The number of hydrogen-bond acceptors (Lipinski definition) is 2. The standard InChI is InChI=1S/C18H20BrClO2/c1-11-4-14(20)2-3-15(11)22-16(21)17-6-12-5-13(7-17)9-18(19,8-12)10-17/h2-4,12-13H,5-10H2,1H3/t12-,13+,17?,18?. The summed E-state index contributed by atoms with van der Waals surface area (Å²) in [6.45, 7) is 1.93. The zero-order valence-electron chi connectivity index (χ0n) is 12.7. The van der Waals surface area contributed by atoms with E-state index in [1.165, 1.54) is 19.3 Å². The van der Waals surface area contributed by atoms with E-state index in [9.17, 15) is 4.79 Å². The first-order valence-corrected chi connectivity index (χ1v) is 9.22. The summed E-state index contributed by atoms with van der Waals surface area (Å²) in [5.74, 6) is 1.98. The molecule has 4 bridgehead atoms. The largest absolute Gasteiger partial charge is 0.426 e. The Hall–Kier alpha value is -0.540. The van der Waals surface area contributed by atoms with Crippen LogP contribution in [-0.2, 0) is 4.79 Å². The number of carbonyl (C=O) groups is 1. The normalized spacial score (nSPS) is 39.0. The second-order valence-corrected chi connectivity index (χ2v) is 9.81. The number of rotatable bonds is 2. The number of benzene rings is 1. The molecule has 0 aromatic heterocycles. The molecule has 0 N–H and O–H groups in total. The molecule has 2 nitrogen and oxygen atoms in total. The summed E-state index contributed by atoms with van der Waals surface area (Å²) in [6.07, 6.45) is 6.67. The molecule has 2 unspecified atom stereocenters. The third kappa shape index (κ3) is 2.41. The Bertz CT molecular complexity index is 628. The Balaban J connectivity index is 1.60. The van der Waals surface area contributed by atoms with Crippen molar-refractivity contribution in [1.82, 2.24) is 0 Å². The molecule has 0 amide bonds. The van der Waals surface area contributed by atoms with Crippen LogP contribution in [0.4, 0.5) is 0 Å². The van der Waals surface area contributed by atoms with Gasteiger partial charge in [-0.1, -0.05) is 27.5 Å². The zero-order chi connectivity index (χ0) is 15.5. The van der Waals surface area contributed by atoms with Gasteiger partial charge in [0.15, 0.2) is 0 Å². The van der Waals surface area contributed by atoms with Gasteiger partial charge in [-0.2, -0.15) is 0 Å². The summed E-state index contributed by atoms with van der Waals surface area (Å²) in [4.78, 5) is 13.0. The average Bonchev–Trinajstić information content (AvgIpc) is 2.39. The van der Waals surface area contributed by atoms with Crippen molar-refractivity contribution in [3.8, 4) is 5.75 Å². The van der Waals surface area contributed by atoms with Gasteiger partial charge in [-0.15, -0.1) is 0 Å². The van der Waals surface area contributed by atoms with Crippen molar-refractivity contribution in [2.24, 2.45) is 17.3 Å². The Morgan fingerprint density at radius 1 is 1.27 bits per heavy atom. The van der Waals surface area contributed by atoms with Crippen LogP contribution in [0.2, 0.25) is 5.02 Å². The number of hydrogen-bond donors (Lipinski definition) is 0. The van der Waals surface area contributed by atoms with Crippen molar-refractivity contribution in [3.05, 3.63) is 28.8 Å². The summed E-state index contributed by atoms with van der Waals surface area (Å²) < 4.78 is 5.98. The molecular formula is C18H20BrClO2. The maximum absolute atomic E-state index is 13.0. The van der Waals surface area contributed by atoms with Crippen molar-refractivity contribution < 1.29 is 9.53 Å². The number of aryl methyl sites for hydroxylation is 1. The molecule has 4 aliphatic rings. The van der Waals surface area contributed by atoms with Gasteiger partial charge >= 0.3 is 5.97 Å². The van der Waals surface area contributed by atoms with E-state index < -0.39 is 0 Å². The number of ether oxygens (including phenoxy) is 1. The van der Waals surface area contributed by atoms with Crippen LogP contribution in [0.3, 0.4) is 0 Å². The third-order valence-electron chi connectivity index (χ3n) is 5.76. The minimum Gasteiger partial charge on any atom is -0.426 e. The topological polar surface area (TPSA) is 26.3 Å². The van der Waals surface area contributed by atoms with Crippen LogP contribution in [0.25, 0.3) is 0 Å². The molecule has 4 heteroatoms. The lowest BCUT2D eigenvalue weighted by molar-refractivity contribution is -0.159. The van der Waals surface area contributed by atoms with E-state index in [-0.39, 0.29) is 15.7 Å². The van der Waals surface area contributed by atoms with Gasteiger partial charge in [-0.25, -0.2) is 0 Å². The van der Waals surface area contributed by atoms with Gasteiger partial charge in [-0.05, 0) is 81.0 Å². The fraction of sp³-hybridized carbons (Fsp3) is 0.611. The van der Waals surface area contributed by atoms with Gasteiger partial charge in [0, 0.05) is 9.35 Å². The highest BCUT2D eigenvalue weighted by molar-refractivity contribution is 9.10. The van der Waals surface area contributed by atoms with Gasteiger partial charge in [0.25, 0.3) is 0 Å². The van der Waals surface area contributed by atoms with Crippen LogP contribution in [0.5, 0.6) is 5.75 Å². The van der Waals surface area contributed by atoms with E-state index in [0.29, 0.717) is 22.6 Å². The predicted octanol–water partition coefficient (Wildman–Crippen LogP) is 5.29. The van der Waals surface area contributed by atoms with E-state index >= 15 is 0 Å². The van der Waals surface area contributed by atoms with E-state index in [1.54, 1.807) is 12.1 Å². The fourth-order valence-electron chi connectivity index (χ4n) is 5.33. The average molecular weight is 384 g/mol. The molecule has 4 saturated carbocycles. The van der Waals surface area contributed by atoms with Gasteiger partial charge in [0.2, 0.25) is 0 Å². The van der Waals surface area contributed by atoms with E-state index in [0.717, 1.165) is 24.8 Å². The van der Waals surface area contributed by atoms with Gasteiger partial charge in [0.05, 0.1) is 5.41 Å². The first-order chi connectivity index (χ1) is 10.4. The molecular weight excluding hydrogens is 364 g/mol. The van der Waals surface area contributed by atoms with E-state index in [2.05, 4.69) is 15.9 Å². The Morgan fingerprint density at radius 3 is 2.55 bits per heavy atom. The quantitative estimate of drug-likeness (QED) is 0.394. The highest BCUT2D eigenvalue weighted by Crippen LogP contribution is 2.64. The van der Waals surface area contributed by atoms with Gasteiger partial charge in [-0.3, -0.25) is 4.79 Å². The lowest BCUT2D eigenvalue weighted by Crippen LogP contribution is -2.56. The fourth-order valence-corrected chi connectivity index (χ4v) is 7.00. The molecule has 1 aromatic carbocycles. The maximum atomic E-state index is 13.0. The van der Waals surface area contributed by atoms with Gasteiger partial charge < -0.3 is 4.74 Å². The molecule has 5 rings (SSSR count). The summed E-state index contributed by atoms with van der Waals surface area (Å²) >= 11 is 9.93. The Morgan fingerprint density at radius 2 is 1.95 bits per heavy atom. The number of halogens is 2. The highest BCUT2D eigenvalue weighted by Gasteiger charge is 2.60. The van der Waals surface area contributed by atoms with Crippen LogP contribution in [0.1, 0.15) is 44.1 Å². The minimum absolute atomic E-state index is 0.0316. The molecule has 4 fully saturated rings. The Labute approximate surface area is 144 Å². The molecule has 0 heterocycles. The first kappa shape index (κ1) is 15.0. The number of carbonyl (C=O) groups excluding carboxylic acids is 1. The van der Waals surface area contributed by atoms with Crippen molar-refractivity contribution in [2.45, 2.75) is 49.8 Å². The molecule has 0 spiro atoms. The summed E-state index contributed by atoms with van der Waals surface area (Å²) in [5, 5.41) is 0.673. The van der Waals surface area contributed by atoms with Crippen LogP contribution < -0.4 is 4.74 Å². The van der Waals surface area contributed by atoms with Crippen LogP contribution in [-0.4, -0.2) is 10.3 Å². The molecule has 0 saturated heterocycles. The maximum Gasteiger partial charge on any atom is 0.317 e. The third-order valence-corrected chi connectivity index (χ3v) is 6.93. The molecule has 0 aliphatic heterocycles. The minimum atomic E-state index is -0.278. The lowest BCUT2D eigenvalue weighted by Gasteiger charge is -2.58. The van der Waals surface area contributed by atoms with E-state index in [4.69, 9.17) is 16.3 Å². The number of esters is 1. The van der Waals surface area contributed by atoms with Crippen molar-refractivity contribution >= 4 is 33.5 Å². The second-order valence-electron chi connectivity index (χ2n) is 7.69. The summed E-state index contributed by atoms with van der Waals surface area (Å²) in [5.41, 5.74) is 0.638. The molecule has 0 radical (unpaired) electrons. The second kappa shape index (κ2) is 4.98. The summed E-state index contributed by atoms with van der Waals surface area (Å²) in [7, 11) is 0. The predicted molar refractivity (Wildman–Crippen MR) is 90.6 cm³/mol. The first-order valence-electron chi connectivity index (χ1n) is 8.05. The highest BCUT2D eigenvalue weighted by atomic mass is 79.9. The van der Waals surface area contributed by atoms with Crippen LogP contribution in [0.15, 0.2) is 18.2 Å². The van der Waals surface area contributed by atoms with Crippen molar-refractivity contribution in [1.29, 1.82) is 0 Å². The SMILES string of the molecule is Cc1cc(Cl)ccc1OC(=O)C12C[C@@H]3C[C@@H](CC(Br)(C3)C1)C2. The lowest BCUT2D eigenvalue weighted by atomic mass is 9.49. The summed E-state index contributed by atoms with van der Waals surface area (Å²) in [6, 6.07) is 5.43. The van der Waals surface area contributed by atoms with Crippen molar-refractivity contribution in [2.75, 3.05) is 0 Å². The smallest absolute Gasteiger partial charge is 0.317 e. The molecule has 4 atom stereocenters.